The Kier molecular flexibility index (Phi) is 10.7. The Balaban J connectivity index is 0.00000261. The van der Waals surface area contributed by atoms with Crippen molar-refractivity contribution in [3.8, 4) is 0 Å². The van der Waals surface area contributed by atoms with Crippen LogP contribution in [0.5, 0.6) is 0 Å². The van der Waals surface area contributed by atoms with Crippen molar-refractivity contribution in [1.82, 2.24) is 15.1 Å². The number of hydrogen-bond donors (Lipinski definition) is 1. The zero-order valence-corrected chi connectivity index (χ0v) is 19.8. The summed E-state index contributed by atoms with van der Waals surface area (Å²) in [7, 11) is 4.18. The average molecular weight is 492 g/mol. The molecular formula is C21H41IN4O. The van der Waals surface area contributed by atoms with Crippen LogP contribution in [0.1, 0.15) is 64.2 Å². The second-order valence-electron chi connectivity index (χ2n) is 8.56. The topological polar surface area (TPSA) is 40.1 Å². The van der Waals surface area contributed by atoms with E-state index in [-0.39, 0.29) is 24.0 Å². The summed E-state index contributed by atoms with van der Waals surface area (Å²) in [6.07, 6.45) is 13.9. The van der Waals surface area contributed by atoms with E-state index in [9.17, 15) is 0 Å². The minimum absolute atomic E-state index is 0. The number of likely N-dealkylation sites (N-methyl/N-ethyl adjacent to an activating group) is 1. The lowest BCUT2D eigenvalue weighted by Crippen LogP contribution is -2.48. The summed E-state index contributed by atoms with van der Waals surface area (Å²) in [5.41, 5.74) is 0. The van der Waals surface area contributed by atoms with Gasteiger partial charge in [0.2, 0.25) is 0 Å². The molecular weight excluding hydrogens is 451 g/mol. The van der Waals surface area contributed by atoms with E-state index in [0.717, 1.165) is 63.5 Å². The smallest absolute Gasteiger partial charge is 0.193 e. The molecule has 3 rings (SSSR count). The van der Waals surface area contributed by atoms with Crippen LogP contribution in [0.15, 0.2) is 4.99 Å². The van der Waals surface area contributed by atoms with Crippen LogP contribution >= 0.6 is 24.0 Å². The van der Waals surface area contributed by atoms with Gasteiger partial charge in [-0.15, -0.1) is 24.0 Å². The Bertz CT molecular complexity index is 428. The van der Waals surface area contributed by atoms with Crippen molar-refractivity contribution in [1.29, 1.82) is 0 Å². The molecule has 2 saturated carbocycles. The van der Waals surface area contributed by atoms with E-state index in [1.165, 1.54) is 51.4 Å². The summed E-state index contributed by atoms with van der Waals surface area (Å²) in [5, 5.41) is 3.58. The van der Waals surface area contributed by atoms with Crippen molar-refractivity contribution in [2.45, 2.75) is 76.4 Å². The van der Waals surface area contributed by atoms with Gasteiger partial charge in [-0.1, -0.05) is 25.7 Å². The molecule has 0 radical (unpaired) electrons. The molecule has 0 atom stereocenters. The normalized spacial score (nSPS) is 23.2. The SMILES string of the molecule is CN=C(NCCN(C)C1CCCC1)N1CCC(OCC2CCCC2)CC1.I. The van der Waals surface area contributed by atoms with Crippen LogP contribution in [0.4, 0.5) is 0 Å². The Hall–Kier alpha value is -0.0800. The van der Waals surface area contributed by atoms with Gasteiger partial charge in [0.05, 0.1) is 6.10 Å². The molecule has 2 aliphatic carbocycles. The van der Waals surface area contributed by atoms with Crippen molar-refractivity contribution >= 4 is 29.9 Å². The lowest BCUT2D eigenvalue weighted by Gasteiger charge is -2.35. The molecule has 0 amide bonds. The first kappa shape index (κ1) is 23.2. The second-order valence-corrected chi connectivity index (χ2v) is 8.56. The molecule has 1 N–H and O–H groups in total. The molecule has 0 aromatic carbocycles. The lowest BCUT2D eigenvalue weighted by atomic mass is 10.1. The second kappa shape index (κ2) is 12.5. The number of halogens is 1. The molecule has 5 nitrogen and oxygen atoms in total. The van der Waals surface area contributed by atoms with Crippen molar-refractivity contribution < 1.29 is 4.74 Å². The zero-order chi connectivity index (χ0) is 18.2. The maximum atomic E-state index is 6.20. The molecule has 0 aromatic rings. The molecule has 1 aliphatic heterocycles. The van der Waals surface area contributed by atoms with E-state index in [2.05, 4.69) is 27.2 Å². The van der Waals surface area contributed by atoms with Gasteiger partial charge in [-0.25, -0.2) is 0 Å². The zero-order valence-electron chi connectivity index (χ0n) is 17.5. The van der Waals surface area contributed by atoms with Crippen LogP contribution in [-0.2, 0) is 4.74 Å². The number of rotatable bonds is 7. The largest absolute Gasteiger partial charge is 0.378 e. The molecule has 0 aromatic heterocycles. The highest BCUT2D eigenvalue weighted by Crippen LogP contribution is 2.26. The molecule has 27 heavy (non-hydrogen) atoms. The molecule has 1 heterocycles. The number of nitrogens with zero attached hydrogens (tertiary/aromatic N) is 3. The fourth-order valence-corrected chi connectivity index (χ4v) is 4.89. The molecule has 1 saturated heterocycles. The molecule has 158 valence electrons. The van der Waals surface area contributed by atoms with Gasteiger partial charge in [-0.3, -0.25) is 4.99 Å². The minimum atomic E-state index is 0. The molecule has 6 heteroatoms. The predicted octanol–water partition coefficient (Wildman–Crippen LogP) is 3.73. The summed E-state index contributed by atoms with van der Waals surface area (Å²) in [6, 6.07) is 0.798. The van der Waals surface area contributed by atoms with E-state index in [1.807, 2.05) is 7.05 Å². The Morgan fingerprint density at radius 3 is 2.30 bits per heavy atom. The number of aliphatic imine (C=N–C) groups is 1. The predicted molar refractivity (Wildman–Crippen MR) is 124 cm³/mol. The minimum Gasteiger partial charge on any atom is -0.378 e. The third kappa shape index (κ3) is 7.35. The van der Waals surface area contributed by atoms with Gasteiger partial charge in [0.25, 0.3) is 0 Å². The van der Waals surface area contributed by atoms with Crippen LogP contribution < -0.4 is 5.32 Å². The third-order valence-electron chi connectivity index (χ3n) is 6.69. The summed E-state index contributed by atoms with van der Waals surface area (Å²) in [4.78, 5) is 9.44. The highest BCUT2D eigenvalue weighted by molar-refractivity contribution is 14.0. The number of guanidine groups is 1. The number of hydrogen-bond acceptors (Lipinski definition) is 3. The van der Waals surface area contributed by atoms with E-state index in [1.54, 1.807) is 0 Å². The monoisotopic (exact) mass is 492 g/mol. The maximum Gasteiger partial charge on any atom is 0.193 e. The first-order valence-electron chi connectivity index (χ1n) is 11.0. The molecule has 3 fully saturated rings. The number of piperidine rings is 1. The average Bonchev–Trinajstić information content (AvgIpc) is 3.38. The first-order chi connectivity index (χ1) is 12.8. The van der Waals surface area contributed by atoms with Crippen LogP contribution in [0, 0.1) is 5.92 Å². The Labute approximate surface area is 183 Å². The van der Waals surface area contributed by atoms with Crippen molar-refractivity contribution in [2.75, 3.05) is 46.9 Å². The van der Waals surface area contributed by atoms with Crippen LogP contribution in [-0.4, -0.2) is 74.8 Å². The van der Waals surface area contributed by atoms with E-state index >= 15 is 0 Å². The Morgan fingerprint density at radius 2 is 1.67 bits per heavy atom. The summed E-state index contributed by atoms with van der Waals surface area (Å²) in [5.74, 6) is 1.90. The molecule has 3 aliphatic rings. The quantitative estimate of drug-likeness (QED) is 0.334. The highest BCUT2D eigenvalue weighted by Gasteiger charge is 2.24. The van der Waals surface area contributed by atoms with Crippen LogP contribution in [0.3, 0.4) is 0 Å². The Morgan fingerprint density at radius 1 is 1.04 bits per heavy atom. The van der Waals surface area contributed by atoms with Gasteiger partial charge >= 0.3 is 0 Å². The van der Waals surface area contributed by atoms with Crippen molar-refractivity contribution in [3.63, 3.8) is 0 Å². The summed E-state index contributed by atoms with van der Waals surface area (Å²) in [6.45, 7) is 5.20. The summed E-state index contributed by atoms with van der Waals surface area (Å²) < 4.78 is 6.20. The van der Waals surface area contributed by atoms with Crippen molar-refractivity contribution in [2.24, 2.45) is 10.9 Å². The fourth-order valence-electron chi connectivity index (χ4n) is 4.89. The van der Waals surface area contributed by atoms with Gasteiger partial charge < -0.3 is 19.9 Å². The number of nitrogens with one attached hydrogen (secondary N) is 1. The molecule has 0 unspecified atom stereocenters. The third-order valence-corrected chi connectivity index (χ3v) is 6.69. The van der Waals surface area contributed by atoms with E-state index < -0.39 is 0 Å². The van der Waals surface area contributed by atoms with Gasteiger partial charge in [0, 0.05) is 45.9 Å². The van der Waals surface area contributed by atoms with Gasteiger partial charge in [-0.05, 0) is 51.5 Å². The number of likely N-dealkylation sites (tertiary alicyclic amines) is 1. The summed E-state index contributed by atoms with van der Waals surface area (Å²) >= 11 is 0. The van der Waals surface area contributed by atoms with Crippen LogP contribution in [0.2, 0.25) is 0 Å². The highest BCUT2D eigenvalue weighted by atomic mass is 127. The number of ether oxygens (including phenoxy) is 1. The fraction of sp³-hybridized carbons (Fsp3) is 0.952. The standard InChI is InChI=1S/C21H40N4O.HI/c1-22-21(23-13-16-24(2)19-9-5-6-10-19)25-14-11-20(12-15-25)26-17-18-7-3-4-8-18;/h18-20H,3-17H2,1-2H3,(H,22,23);1H. The van der Waals surface area contributed by atoms with Crippen molar-refractivity contribution in [3.05, 3.63) is 0 Å². The van der Waals surface area contributed by atoms with E-state index in [0.29, 0.717) is 6.10 Å². The van der Waals surface area contributed by atoms with Gasteiger partial charge in [-0.2, -0.15) is 0 Å². The lowest BCUT2D eigenvalue weighted by molar-refractivity contribution is 0.00101. The van der Waals surface area contributed by atoms with E-state index in [4.69, 9.17) is 4.74 Å². The molecule has 0 bridgehead atoms. The van der Waals surface area contributed by atoms with Gasteiger partial charge in [0.15, 0.2) is 5.96 Å². The van der Waals surface area contributed by atoms with Crippen LogP contribution in [0.25, 0.3) is 0 Å². The van der Waals surface area contributed by atoms with Gasteiger partial charge in [0.1, 0.15) is 0 Å². The molecule has 0 spiro atoms. The first-order valence-corrected chi connectivity index (χ1v) is 11.0. The maximum absolute atomic E-state index is 6.20.